The highest BCUT2D eigenvalue weighted by Crippen LogP contribution is 2.37. The van der Waals surface area contributed by atoms with Gasteiger partial charge in [0.25, 0.3) is 5.56 Å². The molecule has 1 aromatic heterocycles. The molecule has 0 spiro atoms. The molecule has 256 valence electrons. The molecule has 1 aliphatic heterocycles. The Kier molecular flexibility index (Phi) is 11.5. The van der Waals surface area contributed by atoms with E-state index in [-0.39, 0.29) is 41.0 Å². The first-order valence-electron chi connectivity index (χ1n) is 15.4. The number of carbonyl (C=O) groups is 2. The number of rotatable bonds is 12. The Bertz CT molecular complexity index is 2080. The standard InChI is InChI=1S/C36H34Cl2N2O8S/c1-6-45-28-17-24(12-13-27(28)47-19-30(41)44-5)32-31(35(43)46-7-2)21(4)39-36-40(32)34(42)29(49-36)16-23-14-25(37)33(26(38)15-23)48-18-22-10-8-20(3)9-11-22/h8-17,32H,6-7,18-19H2,1-5H3/b29-16-/t32-/m1/s1. The third-order valence-corrected chi connectivity index (χ3v) is 9.04. The van der Waals surface area contributed by atoms with Crippen molar-refractivity contribution in [3.63, 3.8) is 0 Å². The van der Waals surface area contributed by atoms with E-state index in [0.29, 0.717) is 50.0 Å². The minimum Gasteiger partial charge on any atom is -0.490 e. The van der Waals surface area contributed by atoms with Crippen LogP contribution in [0.25, 0.3) is 6.08 Å². The van der Waals surface area contributed by atoms with Crippen molar-refractivity contribution in [2.24, 2.45) is 4.99 Å². The van der Waals surface area contributed by atoms with E-state index < -0.39 is 18.0 Å². The Hall–Kier alpha value is -4.58. The number of allylic oxidation sites excluding steroid dienone is 1. The number of aromatic nitrogens is 1. The highest BCUT2D eigenvalue weighted by molar-refractivity contribution is 7.07. The van der Waals surface area contributed by atoms with E-state index in [1.54, 1.807) is 57.2 Å². The number of carbonyl (C=O) groups excluding carboxylic acids is 2. The zero-order valence-electron chi connectivity index (χ0n) is 27.5. The van der Waals surface area contributed by atoms with Crippen LogP contribution in [0.1, 0.15) is 49.1 Å². The van der Waals surface area contributed by atoms with Gasteiger partial charge >= 0.3 is 11.9 Å². The van der Waals surface area contributed by atoms with Crippen molar-refractivity contribution in [2.45, 2.75) is 40.3 Å². The van der Waals surface area contributed by atoms with E-state index in [1.165, 1.54) is 11.7 Å². The predicted octanol–water partition coefficient (Wildman–Crippen LogP) is 5.94. The number of ether oxygens (including phenoxy) is 5. The summed E-state index contributed by atoms with van der Waals surface area (Å²) in [5.74, 6) is -0.221. The highest BCUT2D eigenvalue weighted by Gasteiger charge is 2.34. The molecule has 3 aromatic carbocycles. The van der Waals surface area contributed by atoms with Crippen molar-refractivity contribution < 1.29 is 33.3 Å². The lowest BCUT2D eigenvalue weighted by Gasteiger charge is -2.25. The molecule has 0 bridgehead atoms. The molecule has 49 heavy (non-hydrogen) atoms. The normalized spacial score (nSPS) is 14.2. The van der Waals surface area contributed by atoms with Gasteiger partial charge in [0.1, 0.15) is 6.61 Å². The molecule has 0 unspecified atom stereocenters. The van der Waals surface area contributed by atoms with Gasteiger partial charge in [-0.3, -0.25) is 9.36 Å². The SMILES string of the molecule is CCOC(=O)C1=C(C)N=c2s/c(=C\c3cc(Cl)c(OCc4ccc(C)cc4)c(Cl)c3)c(=O)n2[C@@H]1c1ccc(OCC(=O)OC)c(OCC)c1. The number of halogens is 2. The van der Waals surface area contributed by atoms with Crippen LogP contribution in [0, 0.1) is 6.92 Å². The van der Waals surface area contributed by atoms with Gasteiger partial charge in [-0.1, -0.05) is 70.4 Å². The number of fused-ring (bicyclic) bond motifs is 1. The Morgan fingerprint density at radius 1 is 0.939 bits per heavy atom. The summed E-state index contributed by atoms with van der Waals surface area (Å²) in [5, 5.41) is 0.574. The first-order valence-corrected chi connectivity index (χ1v) is 16.9. The minimum atomic E-state index is -0.906. The third kappa shape index (κ3) is 8.01. The number of esters is 2. The highest BCUT2D eigenvalue weighted by atomic mass is 35.5. The first-order chi connectivity index (χ1) is 23.5. The molecule has 0 amide bonds. The molecule has 1 aliphatic rings. The van der Waals surface area contributed by atoms with Gasteiger partial charge in [-0.25, -0.2) is 14.6 Å². The van der Waals surface area contributed by atoms with Crippen LogP contribution in [0.3, 0.4) is 0 Å². The Balaban J connectivity index is 1.56. The van der Waals surface area contributed by atoms with Gasteiger partial charge in [-0.2, -0.15) is 0 Å². The van der Waals surface area contributed by atoms with Gasteiger partial charge in [-0.05, 0) is 74.7 Å². The van der Waals surface area contributed by atoms with Crippen LogP contribution < -0.4 is 29.1 Å². The number of thiazole rings is 1. The van der Waals surface area contributed by atoms with Crippen molar-refractivity contribution in [1.82, 2.24) is 4.57 Å². The Labute approximate surface area is 296 Å². The van der Waals surface area contributed by atoms with Crippen molar-refractivity contribution in [3.05, 3.63) is 118 Å². The second-order valence-electron chi connectivity index (χ2n) is 10.9. The molecule has 13 heteroatoms. The second-order valence-corrected chi connectivity index (χ2v) is 12.7. The van der Waals surface area contributed by atoms with E-state index in [4.69, 9.17) is 42.1 Å². The van der Waals surface area contributed by atoms with Crippen LogP contribution in [-0.4, -0.2) is 43.4 Å². The maximum Gasteiger partial charge on any atom is 0.343 e. The zero-order chi connectivity index (χ0) is 35.2. The first kappa shape index (κ1) is 35.7. The fourth-order valence-corrected chi connectivity index (χ4v) is 6.84. The van der Waals surface area contributed by atoms with Crippen LogP contribution in [0.4, 0.5) is 0 Å². The van der Waals surface area contributed by atoms with E-state index >= 15 is 0 Å². The van der Waals surface area contributed by atoms with Crippen LogP contribution >= 0.6 is 34.5 Å². The smallest absolute Gasteiger partial charge is 0.343 e. The van der Waals surface area contributed by atoms with E-state index in [1.807, 2.05) is 31.2 Å². The van der Waals surface area contributed by atoms with Gasteiger partial charge in [0, 0.05) is 0 Å². The lowest BCUT2D eigenvalue weighted by atomic mass is 9.95. The summed E-state index contributed by atoms with van der Waals surface area (Å²) < 4.78 is 29.3. The molecule has 2 heterocycles. The molecule has 0 N–H and O–H groups in total. The number of benzene rings is 3. The van der Waals surface area contributed by atoms with Crippen LogP contribution in [0.2, 0.25) is 10.0 Å². The molecule has 10 nitrogen and oxygen atoms in total. The maximum absolute atomic E-state index is 14.2. The van der Waals surface area contributed by atoms with Gasteiger partial charge in [0.15, 0.2) is 28.7 Å². The molecule has 0 radical (unpaired) electrons. The number of nitrogens with zero attached hydrogens (tertiary/aromatic N) is 2. The fourth-order valence-electron chi connectivity index (χ4n) is 5.18. The summed E-state index contributed by atoms with van der Waals surface area (Å²) in [6.45, 7) is 7.59. The van der Waals surface area contributed by atoms with Crippen LogP contribution in [0.5, 0.6) is 17.2 Å². The average molecular weight is 726 g/mol. The fraction of sp³-hybridized carbons (Fsp3) is 0.278. The monoisotopic (exact) mass is 724 g/mol. The lowest BCUT2D eigenvalue weighted by Crippen LogP contribution is -2.40. The topological polar surface area (TPSA) is 115 Å². The summed E-state index contributed by atoms with van der Waals surface area (Å²) in [5.41, 5.74) is 3.44. The molecular weight excluding hydrogens is 691 g/mol. The van der Waals surface area contributed by atoms with Crippen LogP contribution in [-0.2, 0) is 25.7 Å². The summed E-state index contributed by atoms with van der Waals surface area (Å²) in [6, 6.07) is 15.4. The number of methoxy groups -OCH3 is 1. The van der Waals surface area contributed by atoms with Gasteiger partial charge in [0.05, 0.1) is 52.2 Å². The number of aryl methyl sites for hydroxylation is 1. The third-order valence-electron chi connectivity index (χ3n) is 7.50. The largest absolute Gasteiger partial charge is 0.490 e. The maximum atomic E-state index is 14.2. The summed E-state index contributed by atoms with van der Waals surface area (Å²) in [6.07, 6.45) is 1.67. The Morgan fingerprint density at radius 2 is 1.65 bits per heavy atom. The number of hydrogen-bond acceptors (Lipinski definition) is 10. The second kappa shape index (κ2) is 15.8. The molecule has 1 atom stereocenters. The van der Waals surface area contributed by atoms with Gasteiger partial charge in [0.2, 0.25) is 0 Å². The van der Waals surface area contributed by atoms with Gasteiger partial charge < -0.3 is 23.7 Å². The average Bonchev–Trinajstić information content (AvgIpc) is 3.37. The van der Waals surface area contributed by atoms with Gasteiger partial charge in [-0.15, -0.1) is 0 Å². The van der Waals surface area contributed by atoms with E-state index in [2.05, 4.69) is 9.73 Å². The van der Waals surface area contributed by atoms with Crippen molar-refractivity contribution in [2.75, 3.05) is 26.9 Å². The molecule has 0 saturated heterocycles. The van der Waals surface area contributed by atoms with Crippen molar-refractivity contribution in [3.8, 4) is 17.2 Å². The summed E-state index contributed by atoms with van der Waals surface area (Å²) in [7, 11) is 1.26. The molecule has 4 aromatic rings. The summed E-state index contributed by atoms with van der Waals surface area (Å²) >= 11 is 14.4. The predicted molar refractivity (Wildman–Crippen MR) is 187 cm³/mol. The molecule has 0 saturated carbocycles. The molecule has 0 fully saturated rings. The molecule has 0 aliphatic carbocycles. The van der Waals surface area contributed by atoms with E-state index in [9.17, 15) is 14.4 Å². The minimum absolute atomic E-state index is 0.128. The van der Waals surface area contributed by atoms with E-state index in [0.717, 1.165) is 22.5 Å². The number of hydrogen-bond donors (Lipinski definition) is 0. The Morgan fingerprint density at radius 3 is 2.31 bits per heavy atom. The summed E-state index contributed by atoms with van der Waals surface area (Å²) in [4.78, 5) is 44.2. The zero-order valence-corrected chi connectivity index (χ0v) is 29.8. The molecule has 5 rings (SSSR count). The van der Waals surface area contributed by atoms with Crippen molar-refractivity contribution >= 4 is 52.6 Å². The molecular formula is C36H34Cl2N2O8S. The van der Waals surface area contributed by atoms with Crippen LogP contribution in [0.15, 0.2) is 75.7 Å². The lowest BCUT2D eigenvalue weighted by molar-refractivity contribution is -0.143. The quantitative estimate of drug-likeness (QED) is 0.165. The van der Waals surface area contributed by atoms with Crippen molar-refractivity contribution in [1.29, 1.82) is 0 Å².